The Morgan fingerprint density at radius 1 is 1.24 bits per heavy atom. The van der Waals surface area contributed by atoms with E-state index >= 15 is 0 Å². The number of rotatable bonds is 4. The summed E-state index contributed by atoms with van der Waals surface area (Å²) in [5, 5.41) is 8.80. The van der Waals surface area contributed by atoms with Crippen LogP contribution in [-0.4, -0.2) is 37.7 Å². The first-order valence-corrected chi connectivity index (χ1v) is 7.77. The molecule has 0 spiro atoms. The van der Waals surface area contributed by atoms with Gasteiger partial charge in [-0.1, -0.05) is 12.1 Å². The number of amides is 2. The van der Waals surface area contributed by atoms with Crippen molar-refractivity contribution < 1.29 is 19.5 Å². The Bertz CT molecular complexity index is 802. The smallest absolute Gasteiger partial charge is 0.274 e. The summed E-state index contributed by atoms with van der Waals surface area (Å²) in [5.74, 6) is -0.305. The number of nitrogens with zero attached hydrogens (tertiary/aromatic N) is 2. The Kier molecular flexibility index (Phi) is 4.58. The van der Waals surface area contributed by atoms with Crippen molar-refractivity contribution in [2.45, 2.75) is 6.54 Å². The molecule has 7 nitrogen and oxygen atoms in total. The number of benzene rings is 2. The molecule has 0 aromatic heterocycles. The van der Waals surface area contributed by atoms with Crippen LogP contribution in [0, 0.1) is 0 Å². The summed E-state index contributed by atoms with van der Waals surface area (Å²) in [5.41, 5.74) is 4.37. The molecule has 0 saturated heterocycles. The molecule has 0 aliphatic carbocycles. The second-order valence-electron chi connectivity index (χ2n) is 5.95. The van der Waals surface area contributed by atoms with Crippen molar-refractivity contribution in [3.05, 3.63) is 53.6 Å². The molecule has 0 unspecified atom stereocenters. The molecule has 0 saturated carbocycles. The molecule has 7 heteroatoms. The fraction of sp³-hybridized carbons (Fsp3) is 0.222. The maximum Gasteiger partial charge on any atom is 0.274 e. The van der Waals surface area contributed by atoms with Gasteiger partial charge in [-0.25, -0.2) is 5.48 Å². The highest BCUT2D eigenvalue weighted by molar-refractivity contribution is 6.01. The predicted molar refractivity (Wildman–Crippen MR) is 93.1 cm³/mol. The van der Waals surface area contributed by atoms with Crippen LogP contribution < -0.4 is 20.0 Å². The molecule has 0 fully saturated rings. The van der Waals surface area contributed by atoms with Crippen LogP contribution in [-0.2, 0) is 11.3 Å². The third-order valence-electron chi connectivity index (χ3n) is 4.06. The van der Waals surface area contributed by atoms with Gasteiger partial charge in [0.1, 0.15) is 5.75 Å². The topological polar surface area (TPSA) is 82.1 Å². The van der Waals surface area contributed by atoms with Gasteiger partial charge in [0.25, 0.3) is 11.8 Å². The van der Waals surface area contributed by atoms with Crippen LogP contribution >= 0.6 is 0 Å². The second-order valence-corrected chi connectivity index (χ2v) is 5.95. The summed E-state index contributed by atoms with van der Waals surface area (Å²) in [6, 6.07) is 12.6. The van der Waals surface area contributed by atoms with Gasteiger partial charge in [0.05, 0.1) is 12.2 Å². The Morgan fingerprint density at radius 2 is 1.96 bits per heavy atom. The van der Waals surface area contributed by atoms with Crippen LogP contribution in [0.2, 0.25) is 0 Å². The molecule has 1 aliphatic heterocycles. The van der Waals surface area contributed by atoms with E-state index in [1.54, 1.807) is 16.4 Å². The fourth-order valence-electron chi connectivity index (χ4n) is 2.66. The van der Waals surface area contributed by atoms with E-state index in [0.29, 0.717) is 18.0 Å². The van der Waals surface area contributed by atoms with Gasteiger partial charge >= 0.3 is 0 Å². The van der Waals surface area contributed by atoms with Crippen molar-refractivity contribution in [2.75, 3.05) is 30.5 Å². The quantitative estimate of drug-likeness (QED) is 0.655. The SMILES string of the molecule is CN(C)c1ccc(CN2C(=O)COc3ccc(C(=O)NO)cc32)cc1. The first kappa shape index (κ1) is 16.8. The van der Waals surface area contributed by atoms with Gasteiger partial charge in [-0.3, -0.25) is 14.8 Å². The molecule has 0 radical (unpaired) electrons. The minimum absolute atomic E-state index is 0.0473. The van der Waals surface area contributed by atoms with Crippen molar-refractivity contribution in [3.8, 4) is 5.75 Å². The number of hydrogen-bond donors (Lipinski definition) is 2. The minimum Gasteiger partial charge on any atom is -0.482 e. The number of anilines is 2. The monoisotopic (exact) mass is 341 g/mol. The largest absolute Gasteiger partial charge is 0.482 e. The molecule has 25 heavy (non-hydrogen) atoms. The first-order valence-electron chi connectivity index (χ1n) is 7.77. The van der Waals surface area contributed by atoms with Crippen LogP contribution in [0.1, 0.15) is 15.9 Å². The Morgan fingerprint density at radius 3 is 2.60 bits per heavy atom. The molecule has 0 bridgehead atoms. The lowest BCUT2D eigenvalue weighted by molar-refractivity contribution is -0.121. The molecule has 1 aliphatic rings. The van der Waals surface area contributed by atoms with E-state index in [2.05, 4.69) is 0 Å². The summed E-state index contributed by atoms with van der Waals surface area (Å²) >= 11 is 0. The molecule has 0 atom stereocenters. The second kappa shape index (κ2) is 6.82. The lowest BCUT2D eigenvalue weighted by Gasteiger charge is -2.30. The first-order chi connectivity index (χ1) is 12.0. The zero-order valence-corrected chi connectivity index (χ0v) is 14.0. The molecule has 3 rings (SSSR count). The van der Waals surface area contributed by atoms with E-state index in [9.17, 15) is 9.59 Å². The Balaban J connectivity index is 1.91. The molecule has 1 heterocycles. The van der Waals surface area contributed by atoms with Crippen molar-refractivity contribution in [2.24, 2.45) is 0 Å². The van der Waals surface area contributed by atoms with E-state index in [1.165, 1.54) is 12.1 Å². The number of ether oxygens (including phenoxy) is 1. The van der Waals surface area contributed by atoms with Crippen LogP contribution in [0.25, 0.3) is 0 Å². The van der Waals surface area contributed by atoms with Gasteiger partial charge in [-0.15, -0.1) is 0 Å². The average molecular weight is 341 g/mol. The average Bonchev–Trinajstić information content (AvgIpc) is 2.63. The summed E-state index contributed by atoms with van der Waals surface area (Å²) in [6.45, 7) is 0.321. The number of hydroxylamine groups is 1. The predicted octanol–water partition coefficient (Wildman–Crippen LogP) is 1.80. The molecule has 2 aromatic rings. The molecule has 2 N–H and O–H groups in total. The van der Waals surface area contributed by atoms with Crippen molar-refractivity contribution in [1.82, 2.24) is 5.48 Å². The van der Waals surface area contributed by atoms with E-state index in [0.717, 1.165) is 11.3 Å². The maximum atomic E-state index is 12.3. The number of nitrogens with one attached hydrogen (secondary N) is 1. The fourth-order valence-corrected chi connectivity index (χ4v) is 2.66. The van der Waals surface area contributed by atoms with E-state index in [4.69, 9.17) is 9.94 Å². The zero-order chi connectivity index (χ0) is 18.0. The summed E-state index contributed by atoms with van der Waals surface area (Å²) in [6.07, 6.45) is 0. The maximum absolute atomic E-state index is 12.3. The Hall–Kier alpha value is -3.06. The van der Waals surface area contributed by atoms with E-state index in [-0.39, 0.29) is 18.1 Å². The van der Waals surface area contributed by atoms with E-state index < -0.39 is 5.91 Å². The van der Waals surface area contributed by atoms with Gasteiger partial charge in [0.2, 0.25) is 0 Å². The highest BCUT2D eigenvalue weighted by Crippen LogP contribution is 2.34. The molecular weight excluding hydrogens is 322 g/mol. The Labute approximate surface area is 145 Å². The molecule has 2 aromatic carbocycles. The standard InChI is InChI=1S/C18H19N3O4/c1-20(2)14-6-3-12(4-7-14)10-21-15-9-13(18(23)19-24)5-8-16(15)25-11-17(21)22/h3-9,24H,10-11H2,1-2H3,(H,19,23). The number of fused-ring (bicyclic) bond motifs is 1. The van der Waals surface area contributed by atoms with Gasteiger partial charge < -0.3 is 14.5 Å². The third-order valence-corrected chi connectivity index (χ3v) is 4.06. The van der Waals surface area contributed by atoms with Crippen molar-refractivity contribution >= 4 is 23.2 Å². The van der Waals surface area contributed by atoms with Gasteiger partial charge in [-0.05, 0) is 35.9 Å². The van der Waals surface area contributed by atoms with Crippen LogP contribution in [0.15, 0.2) is 42.5 Å². The molecular formula is C18H19N3O4. The summed E-state index contributed by atoms with van der Waals surface area (Å²) in [4.78, 5) is 27.5. The van der Waals surface area contributed by atoms with E-state index in [1.807, 2.05) is 43.3 Å². The van der Waals surface area contributed by atoms with Crippen LogP contribution in [0.4, 0.5) is 11.4 Å². The van der Waals surface area contributed by atoms with Crippen LogP contribution in [0.3, 0.4) is 0 Å². The van der Waals surface area contributed by atoms with Gasteiger partial charge in [-0.2, -0.15) is 0 Å². The van der Waals surface area contributed by atoms with Gasteiger partial charge in [0, 0.05) is 25.3 Å². The normalized spacial score (nSPS) is 13.1. The lowest BCUT2D eigenvalue weighted by atomic mass is 10.1. The molecule has 130 valence electrons. The lowest BCUT2D eigenvalue weighted by Crippen LogP contribution is -2.38. The number of hydrogen-bond acceptors (Lipinski definition) is 5. The number of carbonyl (C=O) groups is 2. The highest BCUT2D eigenvalue weighted by atomic mass is 16.5. The highest BCUT2D eigenvalue weighted by Gasteiger charge is 2.26. The third kappa shape index (κ3) is 3.41. The molecule has 2 amide bonds. The number of carbonyl (C=O) groups excluding carboxylic acids is 2. The van der Waals surface area contributed by atoms with Crippen LogP contribution in [0.5, 0.6) is 5.75 Å². The summed E-state index contributed by atoms with van der Waals surface area (Å²) in [7, 11) is 3.93. The summed E-state index contributed by atoms with van der Waals surface area (Å²) < 4.78 is 5.43. The zero-order valence-electron chi connectivity index (χ0n) is 14.0. The van der Waals surface area contributed by atoms with Crippen molar-refractivity contribution in [3.63, 3.8) is 0 Å². The minimum atomic E-state index is -0.642. The van der Waals surface area contributed by atoms with Gasteiger partial charge in [0.15, 0.2) is 6.61 Å². The van der Waals surface area contributed by atoms with Crippen molar-refractivity contribution in [1.29, 1.82) is 0 Å².